The van der Waals surface area contributed by atoms with Gasteiger partial charge in [-0.2, -0.15) is 0 Å². The second-order valence-electron chi connectivity index (χ2n) is 7.96. The van der Waals surface area contributed by atoms with Crippen molar-refractivity contribution < 1.29 is 13.2 Å². The smallest absolute Gasteiger partial charge is 0.261 e. The molecule has 4 rings (SSSR count). The van der Waals surface area contributed by atoms with Gasteiger partial charge in [-0.25, -0.2) is 13.4 Å². The number of sulfonamides is 1. The Labute approximate surface area is 197 Å². The summed E-state index contributed by atoms with van der Waals surface area (Å²) in [7, 11) is -3.78. The van der Waals surface area contributed by atoms with Crippen molar-refractivity contribution in [3.8, 4) is 0 Å². The van der Waals surface area contributed by atoms with E-state index < -0.39 is 10.0 Å². The SMILES string of the molecule is Cc1cccc(C)c1NS(=O)(=O)c1ccc(NC(=O)CCn2cnc3ccccc3c2=O)cc1. The molecule has 1 amide bonds. The molecule has 174 valence electrons. The van der Waals surface area contributed by atoms with Crippen LogP contribution in [0.25, 0.3) is 10.9 Å². The highest BCUT2D eigenvalue weighted by atomic mass is 32.2. The summed E-state index contributed by atoms with van der Waals surface area (Å²) in [6.45, 7) is 3.85. The normalized spacial score (nSPS) is 11.4. The number of benzene rings is 3. The first-order chi connectivity index (χ1) is 16.2. The van der Waals surface area contributed by atoms with Crippen LogP contribution < -0.4 is 15.6 Å². The van der Waals surface area contributed by atoms with Gasteiger partial charge in [-0.15, -0.1) is 0 Å². The Morgan fingerprint density at radius 1 is 0.941 bits per heavy atom. The van der Waals surface area contributed by atoms with Crippen molar-refractivity contribution in [3.63, 3.8) is 0 Å². The Bertz CT molecular complexity index is 1510. The Morgan fingerprint density at radius 2 is 1.62 bits per heavy atom. The first-order valence-corrected chi connectivity index (χ1v) is 12.2. The number of nitrogens with zero attached hydrogens (tertiary/aromatic N) is 2. The van der Waals surface area contributed by atoms with Crippen LogP contribution in [0.2, 0.25) is 0 Å². The van der Waals surface area contributed by atoms with Crippen LogP contribution in [-0.2, 0) is 21.4 Å². The molecular weight excluding hydrogens is 452 g/mol. The molecule has 3 aromatic carbocycles. The van der Waals surface area contributed by atoms with Gasteiger partial charge < -0.3 is 5.32 Å². The fourth-order valence-electron chi connectivity index (χ4n) is 3.60. The van der Waals surface area contributed by atoms with Crippen LogP contribution in [0.3, 0.4) is 0 Å². The molecule has 0 atom stereocenters. The first kappa shape index (κ1) is 23.2. The van der Waals surface area contributed by atoms with E-state index in [1.54, 1.807) is 18.2 Å². The highest BCUT2D eigenvalue weighted by Gasteiger charge is 2.17. The Morgan fingerprint density at radius 3 is 2.32 bits per heavy atom. The molecule has 0 aliphatic heterocycles. The predicted molar refractivity (Wildman–Crippen MR) is 132 cm³/mol. The van der Waals surface area contributed by atoms with Crippen molar-refractivity contribution in [1.82, 2.24) is 9.55 Å². The van der Waals surface area contributed by atoms with Crippen LogP contribution in [-0.4, -0.2) is 23.9 Å². The number of hydrogen-bond donors (Lipinski definition) is 2. The molecule has 0 aliphatic rings. The zero-order valence-electron chi connectivity index (χ0n) is 18.8. The number of hydrogen-bond acceptors (Lipinski definition) is 5. The third-order valence-corrected chi connectivity index (χ3v) is 6.84. The highest BCUT2D eigenvalue weighted by Crippen LogP contribution is 2.24. The molecule has 8 nitrogen and oxygen atoms in total. The molecule has 1 aromatic heterocycles. The molecule has 0 aliphatic carbocycles. The second kappa shape index (κ2) is 9.48. The largest absolute Gasteiger partial charge is 0.326 e. The van der Waals surface area contributed by atoms with Crippen molar-refractivity contribution in [2.45, 2.75) is 31.7 Å². The Kier molecular flexibility index (Phi) is 6.47. The molecule has 0 saturated carbocycles. The molecule has 0 unspecified atom stereocenters. The van der Waals surface area contributed by atoms with Gasteiger partial charge >= 0.3 is 0 Å². The molecule has 0 saturated heterocycles. The van der Waals surface area contributed by atoms with Crippen molar-refractivity contribution in [2.24, 2.45) is 0 Å². The zero-order valence-corrected chi connectivity index (χ0v) is 19.6. The number of aryl methyl sites for hydroxylation is 3. The molecule has 4 aromatic rings. The predicted octanol–water partition coefficient (Wildman–Crippen LogP) is 3.84. The Hall–Kier alpha value is -3.98. The minimum atomic E-state index is -3.78. The van der Waals surface area contributed by atoms with Crippen molar-refractivity contribution in [2.75, 3.05) is 10.0 Å². The molecule has 34 heavy (non-hydrogen) atoms. The van der Waals surface area contributed by atoms with Crippen LogP contribution in [0.1, 0.15) is 17.5 Å². The lowest BCUT2D eigenvalue weighted by Crippen LogP contribution is -2.23. The minimum Gasteiger partial charge on any atom is -0.326 e. The van der Waals surface area contributed by atoms with E-state index in [9.17, 15) is 18.0 Å². The van der Waals surface area contributed by atoms with E-state index in [2.05, 4.69) is 15.0 Å². The fraction of sp³-hybridized carbons (Fsp3) is 0.160. The summed E-state index contributed by atoms with van der Waals surface area (Å²) in [5.41, 5.74) is 3.07. The van der Waals surface area contributed by atoms with Gasteiger partial charge in [-0.05, 0) is 61.4 Å². The summed E-state index contributed by atoms with van der Waals surface area (Å²) < 4.78 is 29.6. The average molecular weight is 477 g/mol. The summed E-state index contributed by atoms with van der Waals surface area (Å²) in [6, 6.07) is 18.5. The number of carbonyl (C=O) groups excluding carboxylic acids is 1. The van der Waals surface area contributed by atoms with E-state index in [0.29, 0.717) is 22.3 Å². The number of para-hydroxylation sites is 2. The number of anilines is 2. The number of rotatable bonds is 7. The van der Waals surface area contributed by atoms with Crippen molar-refractivity contribution in [3.05, 3.63) is 94.5 Å². The van der Waals surface area contributed by atoms with Gasteiger partial charge in [0.05, 0.1) is 27.8 Å². The van der Waals surface area contributed by atoms with Gasteiger partial charge in [-0.3, -0.25) is 18.9 Å². The molecule has 0 bridgehead atoms. The maximum atomic E-state index is 12.8. The molecule has 9 heteroatoms. The van der Waals surface area contributed by atoms with E-state index in [1.807, 2.05) is 38.1 Å². The molecule has 2 N–H and O–H groups in total. The summed E-state index contributed by atoms with van der Waals surface area (Å²) in [4.78, 5) is 29.2. The van der Waals surface area contributed by atoms with Gasteiger partial charge in [0.1, 0.15) is 0 Å². The maximum Gasteiger partial charge on any atom is 0.261 e. The van der Waals surface area contributed by atoms with E-state index in [4.69, 9.17) is 0 Å². The average Bonchev–Trinajstić information content (AvgIpc) is 2.82. The van der Waals surface area contributed by atoms with E-state index >= 15 is 0 Å². The van der Waals surface area contributed by atoms with E-state index in [-0.39, 0.29) is 29.3 Å². The summed E-state index contributed by atoms with van der Waals surface area (Å²) >= 11 is 0. The van der Waals surface area contributed by atoms with Gasteiger partial charge in [0.2, 0.25) is 5.91 Å². The van der Waals surface area contributed by atoms with Crippen LogP contribution in [0.5, 0.6) is 0 Å². The summed E-state index contributed by atoms with van der Waals surface area (Å²) in [6.07, 6.45) is 1.49. The minimum absolute atomic E-state index is 0.0636. The molecule has 0 radical (unpaired) electrons. The van der Waals surface area contributed by atoms with Gasteiger partial charge in [0, 0.05) is 18.7 Å². The van der Waals surface area contributed by atoms with Crippen LogP contribution in [0.4, 0.5) is 11.4 Å². The maximum absolute atomic E-state index is 12.8. The Balaban J connectivity index is 1.40. The number of amides is 1. The first-order valence-electron chi connectivity index (χ1n) is 10.7. The number of nitrogens with one attached hydrogen (secondary N) is 2. The molecular formula is C25H24N4O4S. The lowest BCUT2D eigenvalue weighted by molar-refractivity contribution is -0.116. The van der Waals surface area contributed by atoms with Crippen molar-refractivity contribution in [1.29, 1.82) is 0 Å². The third-order valence-electron chi connectivity index (χ3n) is 5.48. The molecule has 0 fully saturated rings. The van der Waals surface area contributed by atoms with Crippen LogP contribution in [0, 0.1) is 13.8 Å². The van der Waals surface area contributed by atoms with Gasteiger partial charge in [-0.1, -0.05) is 30.3 Å². The lowest BCUT2D eigenvalue weighted by atomic mass is 10.1. The number of carbonyl (C=O) groups is 1. The number of fused-ring (bicyclic) bond motifs is 1. The van der Waals surface area contributed by atoms with E-state index in [0.717, 1.165) is 11.1 Å². The van der Waals surface area contributed by atoms with Gasteiger partial charge in [0.15, 0.2) is 0 Å². The quantitative estimate of drug-likeness (QED) is 0.421. The molecule has 1 heterocycles. The third kappa shape index (κ3) is 4.99. The number of aromatic nitrogens is 2. The lowest BCUT2D eigenvalue weighted by Gasteiger charge is -2.13. The van der Waals surface area contributed by atoms with Crippen LogP contribution >= 0.6 is 0 Å². The topological polar surface area (TPSA) is 110 Å². The second-order valence-corrected chi connectivity index (χ2v) is 9.64. The molecule has 0 spiro atoms. The monoisotopic (exact) mass is 476 g/mol. The fourth-order valence-corrected chi connectivity index (χ4v) is 4.80. The summed E-state index contributed by atoms with van der Waals surface area (Å²) in [5.74, 6) is -0.302. The standard InChI is InChI=1S/C25H24N4O4S/c1-17-6-5-7-18(2)24(17)28-34(32,33)20-12-10-19(11-13-20)27-23(30)14-15-29-16-26-22-9-4-3-8-21(22)25(29)31/h3-13,16,28H,14-15H2,1-2H3,(H,27,30). The zero-order chi connectivity index (χ0) is 24.3. The van der Waals surface area contributed by atoms with Crippen LogP contribution in [0.15, 0.2) is 82.7 Å². The van der Waals surface area contributed by atoms with Gasteiger partial charge in [0.25, 0.3) is 15.6 Å². The summed E-state index contributed by atoms with van der Waals surface area (Å²) in [5, 5.41) is 3.22. The van der Waals surface area contributed by atoms with Crippen molar-refractivity contribution >= 4 is 38.2 Å². The van der Waals surface area contributed by atoms with E-state index in [1.165, 1.54) is 35.2 Å². The highest BCUT2D eigenvalue weighted by molar-refractivity contribution is 7.92.